The minimum atomic E-state index is -0.220. The summed E-state index contributed by atoms with van der Waals surface area (Å²) in [6.07, 6.45) is 1.13. The third-order valence-electron chi connectivity index (χ3n) is 3.64. The normalized spacial score (nSPS) is 11.5. The molecule has 1 atom stereocenters. The fourth-order valence-corrected chi connectivity index (χ4v) is 2.30. The number of ether oxygens (including phenoxy) is 1. The van der Waals surface area contributed by atoms with Crippen molar-refractivity contribution in [1.29, 1.82) is 0 Å². The van der Waals surface area contributed by atoms with Crippen molar-refractivity contribution in [3.05, 3.63) is 59.7 Å². The highest BCUT2D eigenvalue weighted by Crippen LogP contribution is 2.17. The molecule has 0 saturated heterocycles. The van der Waals surface area contributed by atoms with Crippen molar-refractivity contribution in [1.82, 2.24) is 5.32 Å². The van der Waals surface area contributed by atoms with Crippen molar-refractivity contribution in [2.45, 2.75) is 33.3 Å². The lowest BCUT2D eigenvalue weighted by Gasteiger charge is -2.14. The van der Waals surface area contributed by atoms with Crippen LogP contribution in [0, 0.1) is 6.92 Å². The lowest BCUT2D eigenvalue weighted by Crippen LogP contribution is -2.34. The van der Waals surface area contributed by atoms with Crippen LogP contribution in [0.1, 0.15) is 36.2 Å². The van der Waals surface area contributed by atoms with E-state index in [1.165, 1.54) is 0 Å². The number of carbonyl (C=O) groups is 1. The van der Waals surface area contributed by atoms with Crippen LogP contribution in [0.3, 0.4) is 0 Å². The second kappa shape index (κ2) is 8.45. The summed E-state index contributed by atoms with van der Waals surface area (Å²) in [5.41, 5.74) is 2.31. The summed E-state index contributed by atoms with van der Waals surface area (Å²) in [6.45, 7) is 6.00. The average molecular weight is 342 g/mol. The van der Waals surface area contributed by atoms with E-state index in [0.29, 0.717) is 5.56 Å². The number of aryl methyl sites for hydroxylation is 1. The molecule has 1 unspecified atom stereocenters. The Balaban J connectivity index is 1.92. The van der Waals surface area contributed by atoms with Gasteiger partial charge >= 0.3 is 0 Å². The molecular weight excluding hydrogens is 320 g/mol. The number of hydrogen-bond donors (Lipinski definition) is 2. The monoisotopic (exact) mass is 342 g/mol. The van der Waals surface area contributed by atoms with Gasteiger partial charge in [0.1, 0.15) is 5.75 Å². The molecule has 0 bridgehead atoms. The molecule has 5 heteroatoms. The van der Waals surface area contributed by atoms with E-state index in [9.17, 15) is 4.79 Å². The topological polar surface area (TPSA) is 50.4 Å². The maximum atomic E-state index is 12.2. The summed E-state index contributed by atoms with van der Waals surface area (Å²) < 4.78 is 5.73. The van der Waals surface area contributed by atoms with E-state index in [0.717, 1.165) is 23.4 Å². The van der Waals surface area contributed by atoms with Gasteiger partial charge in [0, 0.05) is 11.3 Å². The number of carbonyl (C=O) groups excluding carboxylic acids is 1. The summed E-state index contributed by atoms with van der Waals surface area (Å²) >= 11 is 5.20. The van der Waals surface area contributed by atoms with Crippen LogP contribution < -0.4 is 15.4 Å². The van der Waals surface area contributed by atoms with Gasteiger partial charge in [-0.2, -0.15) is 0 Å². The third-order valence-corrected chi connectivity index (χ3v) is 3.85. The van der Waals surface area contributed by atoms with E-state index in [1.54, 1.807) is 6.07 Å². The van der Waals surface area contributed by atoms with Crippen LogP contribution in [0.15, 0.2) is 48.5 Å². The van der Waals surface area contributed by atoms with Crippen LogP contribution in [0.25, 0.3) is 0 Å². The van der Waals surface area contributed by atoms with E-state index in [-0.39, 0.29) is 17.1 Å². The number of anilines is 1. The standard InChI is InChI=1S/C19H22N2O2S/c1-4-14(3)23-16-11-9-15(10-12-16)20-19(24)21-18(22)17-8-6-5-7-13(17)2/h5-12,14H,4H2,1-3H3,(H2,20,21,22,24). The first-order valence-corrected chi connectivity index (χ1v) is 8.35. The molecule has 2 rings (SSSR count). The number of rotatable bonds is 5. The molecule has 0 aliphatic rings. The molecular formula is C19H22N2O2S. The summed E-state index contributed by atoms with van der Waals surface area (Å²) in [5, 5.41) is 5.95. The Morgan fingerprint density at radius 2 is 1.83 bits per heavy atom. The Bertz CT molecular complexity index is 714. The zero-order valence-corrected chi connectivity index (χ0v) is 14.9. The van der Waals surface area contributed by atoms with Gasteiger partial charge in [-0.05, 0) is 68.4 Å². The third kappa shape index (κ3) is 5.06. The van der Waals surface area contributed by atoms with Crippen molar-refractivity contribution in [3.8, 4) is 5.75 Å². The Kier molecular flexibility index (Phi) is 6.32. The zero-order valence-electron chi connectivity index (χ0n) is 14.1. The SMILES string of the molecule is CCC(C)Oc1ccc(NC(=S)NC(=O)c2ccccc2C)cc1. The van der Waals surface area contributed by atoms with Crippen molar-refractivity contribution in [3.63, 3.8) is 0 Å². The minimum Gasteiger partial charge on any atom is -0.491 e. The minimum absolute atomic E-state index is 0.179. The van der Waals surface area contributed by atoms with Crippen LogP contribution in [0.5, 0.6) is 5.75 Å². The van der Waals surface area contributed by atoms with E-state index < -0.39 is 0 Å². The second-order valence-corrected chi connectivity index (χ2v) is 5.99. The summed E-state index contributed by atoms with van der Waals surface area (Å²) in [7, 11) is 0. The van der Waals surface area contributed by atoms with Gasteiger partial charge in [0.15, 0.2) is 5.11 Å². The summed E-state index contributed by atoms with van der Waals surface area (Å²) in [5.74, 6) is 0.590. The predicted octanol–water partition coefficient (Wildman–Crippen LogP) is 4.30. The molecule has 4 nitrogen and oxygen atoms in total. The molecule has 0 aliphatic carbocycles. The Labute approximate surface area is 148 Å². The Morgan fingerprint density at radius 1 is 1.17 bits per heavy atom. The quantitative estimate of drug-likeness (QED) is 0.796. The molecule has 0 heterocycles. The summed E-state index contributed by atoms with van der Waals surface area (Å²) in [4.78, 5) is 12.2. The van der Waals surface area contributed by atoms with E-state index in [2.05, 4.69) is 17.6 Å². The molecule has 0 radical (unpaired) electrons. The maximum absolute atomic E-state index is 12.2. The van der Waals surface area contributed by atoms with Crippen LogP contribution >= 0.6 is 12.2 Å². The Hall–Kier alpha value is -2.40. The highest BCUT2D eigenvalue weighted by Gasteiger charge is 2.10. The first-order valence-electron chi connectivity index (χ1n) is 7.94. The van der Waals surface area contributed by atoms with Crippen molar-refractivity contribution in [2.75, 3.05) is 5.32 Å². The fraction of sp³-hybridized carbons (Fsp3) is 0.263. The second-order valence-electron chi connectivity index (χ2n) is 5.58. The molecule has 0 saturated carbocycles. The van der Waals surface area contributed by atoms with E-state index in [1.807, 2.05) is 56.3 Å². The molecule has 1 amide bonds. The molecule has 0 fully saturated rings. The predicted molar refractivity (Wildman–Crippen MR) is 102 cm³/mol. The number of amides is 1. The zero-order chi connectivity index (χ0) is 17.5. The lowest BCUT2D eigenvalue weighted by molar-refractivity contribution is 0.0977. The highest BCUT2D eigenvalue weighted by molar-refractivity contribution is 7.80. The van der Waals surface area contributed by atoms with Crippen LogP contribution in [0.4, 0.5) is 5.69 Å². The van der Waals surface area contributed by atoms with Crippen molar-refractivity contribution in [2.24, 2.45) is 0 Å². The van der Waals surface area contributed by atoms with Crippen molar-refractivity contribution < 1.29 is 9.53 Å². The molecule has 0 aromatic heterocycles. The smallest absolute Gasteiger partial charge is 0.257 e. The molecule has 2 aromatic carbocycles. The molecule has 0 aliphatic heterocycles. The van der Waals surface area contributed by atoms with Gasteiger partial charge < -0.3 is 10.1 Å². The number of thiocarbonyl (C=S) groups is 1. The fourth-order valence-electron chi connectivity index (χ4n) is 2.09. The van der Waals surface area contributed by atoms with Gasteiger partial charge in [-0.3, -0.25) is 10.1 Å². The number of benzene rings is 2. The first kappa shape index (κ1) is 17.9. The van der Waals surface area contributed by atoms with E-state index >= 15 is 0 Å². The van der Waals surface area contributed by atoms with Gasteiger partial charge in [0.05, 0.1) is 6.10 Å². The van der Waals surface area contributed by atoms with Gasteiger partial charge in [0.2, 0.25) is 0 Å². The largest absolute Gasteiger partial charge is 0.491 e. The molecule has 24 heavy (non-hydrogen) atoms. The molecule has 2 aromatic rings. The van der Waals surface area contributed by atoms with Gasteiger partial charge in [0.25, 0.3) is 5.91 Å². The number of hydrogen-bond acceptors (Lipinski definition) is 3. The molecule has 2 N–H and O–H groups in total. The van der Waals surface area contributed by atoms with Crippen LogP contribution in [-0.2, 0) is 0 Å². The molecule has 126 valence electrons. The Morgan fingerprint density at radius 3 is 2.46 bits per heavy atom. The van der Waals surface area contributed by atoms with Crippen molar-refractivity contribution >= 4 is 28.9 Å². The first-order chi connectivity index (χ1) is 11.5. The average Bonchev–Trinajstić information content (AvgIpc) is 2.56. The van der Waals surface area contributed by atoms with Gasteiger partial charge in [-0.15, -0.1) is 0 Å². The highest BCUT2D eigenvalue weighted by atomic mass is 32.1. The van der Waals surface area contributed by atoms with Crippen LogP contribution in [0.2, 0.25) is 0 Å². The van der Waals surface area contributed by atoms with E-state index in [4.69, 9.17) is 17.0 Å². The molecule has 0 spiro atoms. The van der Waals surface area contributed by atoms with Gasteiger partial charge in [-0.1, -0.05) is 25.1 Å². The lowest BCUT2D eigenvalue weighted by atomic mass is 10.1. The maximum Gasteiger partial charge on any atom is 0.257 e. The number of nitrogens with one attached hydrogen (secondary N) is 2. The summed E-state index contributed by atoms with van der Waals surface area (Å²) in [6, 6.07) is 14.9. The van der Waals surface area contributed by atoms with Crippen LogP contribution in [-0.4, -0.2) is 17.1 Å². The van der Waals surface area contributed by atoms with Gasteiger partial charge in [-0.25, -0.2) is 0 Å².